The smallest absolute Gasteiger partial charge is 0.328 e. The van der Waals surface area contributed by atoms with Gasteiger partial charge < -0.3 is 4.74 Å². The lowest BCUT2D eigenvalue weighted by molar-refractivity contribution is -0.148. The zero-order valence-corrected chi connectivity index (χ0v) is 9.07. The number of aromatic nitrogens is 2. The van der Waals surface area contributed by atoms with Crippen molar-refractivity contribution < 1.29 is 9.53 Å². The Labute approximate surface area is 83.9 Å². The molecule has 0 radical (unpaired) electrons. The number of hydrogen-bond donors (Lipinski definition) is 0. The Morgan fingerprint density at radius 3 is 2.64 bits per heavy atom. The monoisotopic (exact) mass is 196 g/mol. The van der Waals surface area contributed by atoms with Gasteiger partial charge in [0, 0.05) is 5.69 Å². The number of rotatable bonds is 3. The van der Waals surface area contributed by atoms with Gasteiger partial charge in [-0.25, -0.2) is 0 Å². The molecule has 0 saturated heterocycles. The largest absolute Gasteiger partial charge is 0.462 e. The second-order valence-corrected chi connectivity index (χ2v) is 3.62. The number of carbonyl (C=O) groups excluding carboxylic acids is 1. The van der Waals surface area contributed by atoms with E-state index in [1.807, 2.05) is 33.8 Å². The standard InChI is InChI=1S/C10H16N2O2/c1-7(2)14-10(13)6-12-9(4)5-8(3)11-12/h5,7H,6H2,1-4H3. The Morgan fingerprint density at radius 1 is 1.57 bits per heavy atom. The summed E-state index contributed by atoms with van der Waals surface area (Å²) in [5, 5.41) is 4.17. The third-order valence-electron chi connectivity index (χ3n) is 1.75. The van der Waals surface area contributed by atoms with Crippen LogP contribution < -0.4 is 0 Å². The van der Waals surface area contributed by atoms with Gasteiger partial charge in [-0.3, -0.25) is 9.48 Å². The predicted molar refractivity (Wildman–Crippen MR) is 52.9 cm³/mol. The van der Waals surface area contributed by atoms with Crippen molar-refractivity contribution in [3.63, 3.8) is 0 Å². The number of carbonyl (C=O) groups is 1. The van der Waals surface area contributed by atoms with E-state index in [4.69, 9.17) is 4.74 Å². The van der Waals surface area contributed by atoms with Crippen LogP contribution in [0.15, 0.2) is 6.07 Å². The van der Waals surface area contributed by atoms with Gasteiger partial charge >= 0.3 is 5.97 Å². The quantitative estimate of drug-likeness (QED) is 0.687. The van der Waals surface area contributed by atoms with Crippen LogP contribution in [0.25, 0.3) is 0 Å². The van der Waals surface area contributed by atoms with E-state index in [2.05, 4.69) is 5.10 Å². The summed E-state index contributed by atoms with van der Waals surface area (Å²) in [7, 11) is 0. The van der Waals surface area contributed by atoms with Gasteiger partial charge in [-0.15, -0.1) is 0 Å². The SMILES string of the molecule is Cc1cc(C)n(CC(=O)OC(C)C)n1. The molecule has 78 valence electrons. The average molecular weight is 196 g/mol. The third kappa shape index (κ3) is 2.87. The van der Waals surface area contributed by atoms with Crippen LogP contribution in [0, 0.1) is 13.8 Å². The van der Waals surface area contributed by atoms with Gasteiger partial charge in [0.15, 0.2) is 0 Å². The molecule has 0 aliphatic carbocycles. The molecule has 4 heteroatoms. The highest BCUT2D eigenvalue weighted by atomic mass is 16.5. The Hall–Kier alpha value is -1.32. The average Bonchev–Trinajstić information content (AvgIpc) is 2.28. The van der Waals surface area contributed by atoms with E-state index in [0.717, 1.165) is 11.4 Å². The molecule has 4 nitrogen and oxygen atoms in total. The first-order chi connectivity index (χ1) is 6.49. The lowest BCUT2D eigenvalue weighted by Crippen LogP contribution is -2.18. The fourth-order valence-electron chi connectivity index (χ4n) is 1.26. The highest BCUT2D eigenvalue weighted by Crippen LogP contribution is 2.02. The minimum Gasteiger partial charge on any atom is -0.462 e. The summed E-state index contributed by atoms with van der Waals surface area (Å²) in [5.41, 5.74) is 1.89. The Balaban J connectivity index is 2.60. The van der Waals surface area contributed by atoms with Crippen LogP contribution in [-0.2, 0) is 16.1 Å². The van der Waals surface area contributed by atoms with Gasteiger partial charge in [0.05, 0.1) is 11.8 Å². The van der Waals surface area contributed by atoms with E-state index >= 15 is 0 Å². The van der Waals surface area contributed by atoms with Crippen LogP contribution in [0.1, 0.15) is 25.2 Å². The first-order valence-corrected chi connectivity index (χ1v) is 4.69. The van der Waals surface area contributed by atoms with Crippen molar-refractivity contribution in [1.82, 2.24) is 9.78 Å². The summed E-state index contributed by atoms with van der Waals surface area (Å²) in [5.74, 6) is -0.244. The molecule has 14 heavy (non-hydrogen) atoms. The summed E-state index contributed by atoms with van der Waals surface area (Å²) >= 11 is 0. The predicted octanol–water partition coefficient (Wildman–Crippen LogP) is 1.45. The molecule has 1 rings (SSSR count). The lowest BCUT2D eigenvalue weighted by Gasteiger charge is -2.08. The van der Waals surface area contributed by atoms with Crippen molar-refractivity contribution in [2.24, 2.45) is 0 Å². The van der Waals surface area contributed by atoms with Crippen LogP contribution in [0.4, 0.5) is 0 Å². The van der Waals surface area contributed by atoms with E-state index in [9.17, 15) is 4.79 Å². The summed E-state index contributed by atoms with van der Waals surface area (Å²) in [4.78, 5) is 11.3. The van der Waals surface area contributed by atoms with Crippen LogP contribution in [0.5, 0.6) is 0 Å². The number of esters is 1. The molecule has 0 spiro atoms. The Kier molecular flexibility index (Phi) is 3.28. The van der Waals surface area contributed by atoms with Gasteiger partial charge in [0.1, 0.15) is 6.54 Å². The molecule has 0 aliphatic heterocycles. The second kappa shape index (κ2) is 4.26. The van der Waals surface area contributed by atoms with Crippen LogP contribution >= 0.6 is 0 Å². The summed E-state index contributed by atoms with van der Waals surface area (Å²) in [6, 6.07) is 1.93. The van der Waals surface area contributed by atoms with E-state index in [1.165, 1.54) is 0 Å². The fourth-order valence-corrected chi connectivity index (χ4v) is 1.26. The molecule has 0 saturated carbocycles. The van der Waals surface area contributed by atoms with Gasteiger partial charge in [-0.05, 0) is 33.8 Å². The normalized spacial score (nSPS) is 10.6. The molecule has 0 N–H and O–H groups in total. The molecular formula is C10H16N2O2. The molecule has 0 amide bonds. The van der Waals surface area contributed by atoms with Gasteiger partial charge in [0.25, 0.3) is 0 Å². The topological polar surface area (TPSA) is 44.1 Å². The van der Waals surface area contributed by atoms with Crippen molar-refractivity contribution >= 4 is 5.97 Å². The van der Waals surface area contributed by atoms with Crippen molar-refractivity contribution in [2.45, 2.75) is 40.3 Å². The molecular weight excluding hydrogens is 180 g/mol. The first kappa shape index (κ1) is 10.8. The number of aryl methyl sites for hydroxylation is 2. The molecule has 0 aliphatic rings. The number of hydrogen-bond acceptors (Lipinski definition) is 3. The minimum absolute atomic E-state index is 0.0699. The van der Waals surface area contributed by atoms with Gasteiger partial charge in [-0.2, -0.15) is 5.10 Å². The maximum atomic E-state index is 11.3. The molecule has 1 aromatic rings. The van der Waals surface area contributed by atoms with E-state index in [-0.39, 0.29) is 18.6 Å². The highest BCUT2D eigenvalue weighted by Gasteiger charge is 2.09. The Morgan fingerprint density at radius 2 is 2.21 bits per heavy atom. The van der Waals surface area contributed by atoms with Crippen LogP contribution in [-0.4, -0.2) is 21.9 Å². The van der Waals surface area contributed by atoms with Crippen molar-refractivity contribution in [1.29, 1.82) is 0 Å². The molecule has 0 unspecified atom stereocenters. The number of ether oxygens (including phenoxy) is 1. The number of nitrogens with zero attached hydrogens (tertiary/aromatic N) is 2. The van der Waals surface area contributed by atoms with E-state index in [0.29, 0.717) is 0 Å². The molecule has 1 aromatic heterocycles. The molecule has 0 aromatic carbocycles. The fraction of sp³-hybridized carbons (Fsp3) is 0.600. The van der Waals surface area contributed by atoms with Crippen molar-refractivity contribution in [3.8, 4) is 0 Å². The summed E-state index contributed by atoms with van der Waals surface area (Å²) in [6.07, 6.45) is -0.0699. The van der Waals surface area contributed by atoms with Crippen LogP contribution in [0.2, 0.25) is 0 Å². The highest BCUT2D eigenvalue weighted by molar-refractivity contribution is 5.69. The zero-order chi connectivity index (χ0) is 10.7. The molecule has 0 fully saturated rings. The molecule has 0 bridgehead atoms. The molecule has 0 atom stereocenters. The maximum Gasteiger partial charge on any atom is 0.328 e. The second-order valence-electron chi connectivity index (χ2n) is 3.62. The first-order valence-electron chi connectivity index (χ1n) is 4.69. The Bertz CT molecular complexity index is 329. The van der Waals surface area contributed by atoms with Crippen molar-refractivity contribution in [3.05, 3.63) is 17.5 Å². The van der Waals surface area contributed by atoms with Gasteiger partial charge in [-0.1, -0.05) is 0 Å². The minimum atomic E-state index is -0.244. The zero-order valence-electron chi connectivity index (χ0n) is 9.07. The summed E-state index contributed by atoms with van der Waals surface area (Å²) < 4.78 is 6.67. The third-order valence-corrected chi connectivity index (χ3v) is 1.75. The summed E-state index contributed by atoms with van der Waals surface area (Å²) in [6.45, 7) is 7.68. The van der Waals surface area contributed by atoms with Crippen molar-refractivity contribution in [2.75, 3.05) is 0 Å². The molecule has 1 heterocycles. The van der Waals surface area contributed by atoms with E-state index < -0.39 is 0 Å². The van der Waals surface area contributed by atoms with E-state index in [1.54, 1.807) is 4.68 Å². The maximum absolute atomic E-state index is 11.3. The van der Waals surface area contributed by atoms with Gasteiger partial charge in [0.2, 0.25) is 0 Å². The van der Waals surface area contributed by atoms with Crippen LogP contribution in [0.3, 0.4) is 0 Å². The lowest BCUT2D eigenvalue weighted by atomic mass is 10.4.